The Morgan fingerprint density at radius 3 is 2.33 bits per heavy atom. The number of rotatable bonds is 3. The molecule has 0 saturated carbocycles. The lowest BCUT2D eigenvalue weighted by molar-refractivity contribution is -0.138. The molecule has 0 aliphatic heterocycles. The molecule has 1 rings (SSSR count). The van der Waals surface area contributed by atoms with Gasteiger partial charge in [-0.2, -0.15) is 0 Å². The quantitative estimate of drug-likeness (QED) is 0.770. The fourth-order valence-corrected chi connectivity index (χ4v) is 1.86. The molecule has 0 bridgehead atoms. The fraction of sp³-hybridized carbons (Fsp3) is 0.500. The van der Waals surface area contributed by atoms with E-state index in [1.54, 1.807) is 6.07 Å². The number of nitrogens with two attached hydrogens (primary N) is 1. The normalized spacial score (nSPS) is 13.4. The molecule has 1 aromatic rings. The summed E-state index contributed by atoms with van der Waals surface area (Å²) in [6, 6.07) is 2.38. The van der Waals surface area contributed by atoms with E-state index in [0.717, 1.165) is 17.5 Å². The van der Waals surface area contributed by atoms with Crippen molar-refractivity contribution < 1.29 is 15.0 Å². The Morgan fingerprint density at radius 1 is 1.39 bits per heavy atom. The van der Waals surface area contributed by atoms with Crippen molar-refractivity contribution in [3.63, 3.8) is 0 Å². The van der Waals surface area contributed by atoms with Gasteiger partial charge in [0.2, 0.25) is 0 Å². The van der Waals surface area contributed by atoms with Crippen LogP contribution in [0.4, 0.5) is 0 Å². The van der Waals surface area contributed by atoms with Gasteiger partial charge < -0.3 is 15.9 Å². The molecule has 18 heavy (non-hydrogen) atoms. The van der Waals surface area contributed by atoms with Gasteiger partial charge in [-0.3, -0.25) is 4.79 Å². The van der Waals surface area contributed by atoms with Crippen molar-refractivity contribution in [3.8, 4) is 5.75 Å². The Balaban J connectivity index is 3.48. The summed E-state index contributed by atoms with van der Waals surface area (Å²) in [4.78, 5) is 11.0. The highest BCUT2D eigenvalue weighted by Gasteiger charge is 2.25. The van der Waals surface area contributed by atoms with E-state index in [0.29, 0.717) is 0 Å². The summed E-state index contributed by atoms with van der Waals surface area (Å²) in [6.07, 6.45) is 0.767. The molecule has 0 fully saturated rings. The van der Waals surface area contributed by atoms with Crippen molar-refractivity contribution >= 4 is 5.97 Å². The molecule has 0 heterocycles. The standard InChI is InChI=1S/C14H21NO3/c1-5-8-6-9(11(15)13(17)18)12(16)10(7-8)14(2,3)4/h6-7,11,16H,5,15H2,1-4H3,(H,17,18). The van der Waals surface area contributed by atoms with Gasteiger partial charge in [0.1, 0.15) is 11.8 Å². The maximum absolute atomic E-state index is 11.0. The van der Waals surface area contributed by atoms with E-state index in [1.165, 1.54) is 0 Å². The van der Waals surface area contributed by atoms with Crippen molar-refractivity contribution in [2.75, 3.05) is 0 Å². The minimum absolute atomic E-state index is 0.00500. The summed E-state index contributed by atoms with van der Waals surface area (Å²) in [6.45, 7) is 7.89. The Hall–Kier alpha value is -1.55. The first-order chi connectivity index (χ1) is 8.18. The molecule has 0 spiro atoms. The topological polar surface area (TPSA) is 83.6 Å². The SMILES string of the molecule is CCc1cc(C(N)C(=O)O)c(O)c(C(C)(C)C)c1. The molecule has 0 aromatic heterocycles. The highest BCUT2D eigenvalue weighted by molar-refractivity contribution is 5.77. The van der Waals surface area contributed by atoms with Crippen molar-refractivity contribution in [3.05, 3.63) is 28.8 Å². The molecule has 0 aliphatic rings. The number of carbonyl (C=O) groups is 1. The van der Waals surface area contributed by atoms with Gasteiger partial charge in [-0.05, 0) is 29.0 Å². The van der Waals surface area contributed by atoms with Crippen LogP contribution >= 0.6 is 0 Å². The Labute approximate surface area is 107 Å². The predicted octanol–water partition coefficient (Wildman–Crippen LogP) is 2.34. The monoisotopic (exact) mass is 251 g/mol. The van der Waals surface area contributed by atoms with Crippen LogP contribution < -0.4 is 5.73 Å². The van der Waals surface area contributed by atoms with Gasteiger partial charge in [0, 0.05) is 5.56 Å². The van der Waals surface area contributed by atoms with E-state index in [4.69, 9.17) is 10.8 Å². The number of carboxylic acid groups (broad SMARTS) is 1. The molecular weight excluding hydrogens is 230 g/mol. The van der Waals surface area contributed by atoms with Gasteiger partial charge in [0.25, 0.3) is 0 Å². The zero-order valence-corrected chi connectivity index (χ0v) is 11.3. The average Bonchev–Trinajstić information content (AvgIpc) is 2.26. The molecule has 4 N–H and O–H groups in total. The first-order valence-corrected chi connectivity index (χ1v) is 6.03. The van der Waals surface area contributed by atoms with Gasteiger partial charge in [-0.25, -0.2) is 0 Å². The molecule has 0 aliphatic carbocycles. The molecule has 1 atom stereocenters. The van der Waals surface area contributed by atoms with E-state index in [-0.39, 0.29) is 16.7 Å². The first kappa shape index (κ1) is 14.5. The molecule has 0 radical (unpaired) electrons. The van der Waals surface area contributed by atoms with Crippen LogP contribution in [0.25, 0.3) is 0 Å². The molecule has 1 aromatic carbocycles. The van der Waals surface area contributed by atoms with Crippen molar-refractivity contribution in [2.45, 2.75) is 45.6 Å². The third-order valence-corrected chi connectivity index (χ3v) is 3.02. The minimum atomic E-state index is -1.20. The summed E-state index contributed by atoms with van der Waals surface area (Å²) in [5, 5.41) is 19.2. The van der Waals surface area contributed by atoms with Crippen molar-refractivity contribution in [1.82, 2.24) is 0 Å². The maximum Gasteiger partial charge on any atom is 0.325 e. The van der Waals surface area contributed by atoms with E-state index in [2.05, 4.69) is 0 Å². The number of aromatic hydroxyl groups is 1. The van der Waals surface area contributed by atoms with Crippen LogP contribution in [0.2, 0.25) is 0 Å². The third kappa shape index (κ3) is 2.82. The van der Waals surface area contributed by atoms with Crippen LogP contribution in [0.5, 0.6) is 5.75 Å². The lowest BCUT2D eigenvalue weighted by atomic mass is 9.83. The smallest absolute Gasteiger partial charge is 0.325 e. The number of carboxylic acids is 1. The maximum atomic E-state index is 11.0. The van der Waals surface area contributed by atoms with Gasteiger partial charge in [-0.15, -0.1) is 0 Å². The van der Waals surface area contributed by atoms with Crippen LogP contribution in [-0.4, -0.2) is 16.2 Å². The van der Waals surface area contributed by atoms with Gasteiger partial charge in [0.15, 0.2) is 0 Å². The summed E-state index contributed by atoms with van der Waals surface area (Å²) >= 11 is 0. The summed E-state index contributed by atoms with van der Waals surface area (Å²) in [7, 11) is 0. The lowest BCUT2D eigenvalue weighted by Crippen LogP contribution is -2.22. The van der Waals surface area contributed by atoms with Crippen LogP contribution in [0.3, 0.4) is 0 Å². The van der Waals surface area contributed by atoms with Crippen molar-refractivity contribution in [1.29, 1.82) is 0 Å². The summed E-state index contributed by atoms with van der Waals surface area (Å²) in [5.41, 5.74) is 7.34. The van der Waals surface area contributed by atoms with Gasteiger partial charge in [-0.1, -0.05) is 33.8 Å². The molecule has 1 unspecified atom stereocenters. The largest absolute Gasteiger partial charge is 0.507 e. The second-order valence-electron chi connectivity index (χ2n) is 5.50. The van der Waals surface area contributed by atoms with Crippen LogP contribution in [-0.2, 0) is 16.6 Å². The Morgan fingerprint density at radius 2 is 1.94 bits per heavy atom. The lowest BCUT2D eigenvalue weighted by Gasteiger charge is -2.24. The zero-order chi connectivity index (χ0) is 14.1. The molecule has 4 heteroatoms. The van der Waals surface area contributed by atoms with E-state index < -0.39 is 12.0 Å². The van der Waals surface area contributed by atoms with E-state index in [1.807, 2.05) is 33.8 Å². The molecule has 4 nitrogen and oxygen atoms in total. The number of benzene rings is 1. The number of aliphatic carboxylic acids is 1. The molecular formula is C14H21NO3. The molecule has 0 saturated heterocycles. The zero-order valence-electron chi connectivity index (χ0n) is 11.3. The van der Waals surface area contributed by atoms with E-state index >= 15 is 0 Å². The number of phenolic OH excluding ortho intramolecular Hbond substituents is 1. The van der Waals surface area contributed by atoms with Crippen molar-refractivity contribution in [2.24, 2.45) is 5.73 Å². The first-order valence-electron chi connectivity index (χ1n) is 6.03. The second kappa shape index (κ2) is 4.98. The van der Waals surface area contributed by atoms with Gasteiger partial charge >= 0.3 is 5.97 Å². The third-order valence-electron chi connectivity index (χ3n) is 3.02. The molecule has 0 amide bonds. The van der Waals surface area contributed by atoms with Crippen LogP contribution in [0.15, 0.2) is 12.1 Å². The second-order valence-corrected chi connectivity index (χ2v) is 5.50. The number of hydrogen-bond acceptors (Lipinski definition) is 3. The Kier molecular flexibility index (Phi) is 4.02. The fourth-order valence-electron chi connectivity index (χ4n) is 1.86. The van der Waals surface area contributed by atoms with Crippen LogP contribution in [0, 0.1) is 0 Å². The number of aryl methyl sites for hydroxylation is 1. The molecule has 100 valence electrons. The highest BCUT2D eigenvalue weighted by atomic mass is 16.4. The average molecular weight is 251 g/mol. The summed E-state index contributed by atoms with van der Waals surface area (Å²) < 4.78 is 0. The Bertz CT molecular complexity index is 461. The number of phenols is 1. The minimum Gasteiger partial charge on any atom is -0.507 e. The van der Waals surface area contributed by atoms with E-state index in [9.17, 15) is 9.90 Å². The highest BCUT2D eigenvalue weighted by Crippen LogP contribution is 2.36. The van der Waals surface area contributed by atoms with Crippen LogP contribution in [0.1, 0.15) is 50.4 Å². The summed E-state index contributed by atoms with van der Waals surface area (Å²) in [5.74, 6) is -1.15. The van der Waals surface area contributed by atoms with Gasteiger partial charge in [0.05, 0.1) is 0 Å². The number of hydrogen-bond donors (Lipinski definition) is 3. The predicted molar refractivity (Wildman–Crippen MR) is 70.7 cm³/mol.